The van der Waals surface area contributed by atoms with Crippen molar-refractivity contribution in [3.63, 3.8) is 0 Å². The summed E-state index contributed by atoms with van der Waals surface area (Å²) in [7, 11) is 0. The summed E-state index contributed by atoms with van der Waals surface area (Å²) in [4.78, 5) is 0. The van der Waals surface area contributed by atoms with Gasteiger partial charge in [-0.1, -0.05) is 53.2 Å². The number of aliphatic hydroxyl groups is 6. The Kier molecular flexibility index (Phi) is 14.4. The number of rotatable bonds is 14. The maximum absolute atomic E-state index is 11.4. The van der Waals surface area contributed by atoms with Crippen LogP contribution >= 0.6 is 0 Å². The van der Waals surface area contributed by atoms with Crippen LogP contribution < -0.4 is 0 Å². The molecule has 0 aromatic heterocycles. The molecule has 3 heterocycles. The van der Waals surface area contributed by atoms with E-state index in [0.29, 0.717) is 68.6 Å². The van der Waals surface area contributed by atoms with E-state index < -0.39 is 61.1 Å². The van der Waals surface area contributed by atoms with E-state index in [1.54, 1.807) is 19.4 Å². The SMILES string of the molecule is C[C@H](CC[C@@H](O[C@H]1C[C@@H](O)C[C@@H](CO[C@H]2C[C@@H](O)C[C@@H](CO)O2)O1)C(C)(C)O)[C@H]1CC[C@@]2(C)[C@@H]3CC=C4C(CC[C@H](O[C@H]5C[C@@H](O)C[C@@H](CO)O5)C4(C)C)[C@]3(C)CC[C@]12C. The van der Waals surface area contributed by atoms with Gasteiger partial charge in [-0.25, -0.2) is 0 Å². The maximum Gasteiger partial charge on any atom is 0.161 e. The van der Waals surface area contributed by atoms with Crippen LogP contribution in [0.5, 0.6) is 0 Å². The lowest BCUT2D eigenvalue weighted by molar-refractivity contribution is -0.279. The van der Waals surface area contributed by atoms with Crippen molar-refractivity contribution in [1.82, 2.24) is 0 Å². The highest BCUT2D eigenvalue weighted by Crippen LogP contribution is 2.75. The third-order valence-electron chi connectivity index (χ3n) is 17.8. The lowest BCUT2D eigenvalue weighted by Gasteiger charge is -2.66. The van der Waals surface area contributed by atoms with E-state index in [4.69, 9.17) is 28.4 Å². The Morgan fingerprint density at radius 1 is 0.733 bits per heavy atom. The van der Waals surface area contributed by atoms with Gasteiger partial charge in [0.25, 0.3) is 0 Å². The largest absolute Gasteiger partial charge is 0.394 e. The zero-order valence-corrected chi connectivity index (χ0v) is 38.1. The minimum absolute atomic E-state index is 0.00342. The van der Waals surface area contributed by atoms with Crippen LogP contribution in [0, 0.1) is 45.3 Å². The van der Waals surface area contributed by atoms with Crippen LogP contribution in [0.4, 0.5) is 0 Å². The van der Waals surface area contributed by atoms with E-state index in [1.165, 1.54) is 25.7 Å². The van der Waals surface area contributed by atoms with Crippen molar-refractivity contribution in [1.29, 1.82) is 0 Å². The maximum atomic E-state index is 11.4. The van der Waals surface area contributed by atoms with Gasteiger partial charge in [0.15, 0.2) is 18.9 Å². The Labute approximate surface area is 360 Å². The van der Waals surface area contributed by atoms with Gasteiger partial charge in [0.2, 0.25) is 0 Å². The van der Waals surface area contributed by atoms with Crippen molar-refractivity contribution in [2.45, 2.75) is 225 Å². The van der Waals surface area contributed by atoms with Crippen molar-refractivity contribution >= 4 is 0 Å². The molecular weight excluding hydrogens is 769 g/mol. The molecule has 346 valence electrons. The van der Waals surface area contributed by atoms with Crippen LogP contribution in [0.25, 0.3) is 0 Å². The molecule has 0 spiro atoms. The molecule has 3 saturated heterocycles. The molecule has 0 amide bonds. The van der Waals surface area contributed by atoms with Crippen LogP contribution in [0.15, 0.2) is 11.6 Å². The second-order valence-electron chi connectivity index (χ2n) is 22.4. The predicted molar refractivity (Wildman–Crippen MR) is 225 cm³/mol. The van der Waals surface area contributed by atoms with Gasteiger partial charge in [-0.2, -0.15) is 0 Å². The minimum atomic E-state index is -1.11. The van der Waals surface area contributed by atoms with Gasteiger partial charge in [0.1, 0.15) is 0 Å². The third kappa shape index (κ3) is 9.35. The van der Waals surface area contributed by atoms with Crippen molar-refractivity contribution in [2.75, 3.05) is 19.8 Å². The van der Waals surface area contributed by atoms with Crippen molar-refractivity contribution < 1.29 is 59.1 Å². The first-order valence-corrected chi connectivity index (χ1v) is 23.8. The van der Waals surface area contributed by atoms with Crippen LogP contribution in [0.2, 0.25) is 0 Å². The Morgan fingerprint density at radius 3 is 1.98 bits per heavy atom. The minimum Gasteiger partial charge on any atom is -0.394 e. The summed E-state index contributed by atoms with van der Waals surface area (Å²) in [5.41, 5.74) is 0.892. The van der Waals surface area contributed by atoms with Crippen LogP contribution in [0.1, 0.15) is 152 Å². The molecule has 60 heavy (non-hydrogen) atoms. The molecule has 7 aliphatic rings. The average Bonchev–Trinajstić information content (AvgIpc) is 3.46. The van der Waals surface area contributed by atoms with Gasteiger partial charge in [0.05, 0.1) is 74.3 Å². The highest BCUT2D eigenvalue weighted by atomic mass is 16.7. The summed E-state index contributed by atoms with van der Waals surface area (Å²) in [6.07, 6.45) is 9.10. The lowest BCUT2D eigenvalue weighted by atomic mass is 9.39. The fourth-order valence-corrected chi connectivity index (χ4v) is 14.1. The Hall–Kier alpha value is -0.740. The zero-order valence-electron chi connectivity index (χ0n) is 38.1. The fraction of sp³-hybridized carbons (Fsp3) is 0.958. The second-order valence-corrected chi connectivity index (χ2v) is 22.4. The molecular formula is C48H82O12. The van der Waals surface area contributed by atoms with E-state index in [-0.39, 0.29) is 53.7 Å². The number of allylic oxidation sites excluding steroid dienone is 1. The highest BCUT2D eigenvalue weighted by Gasteiger charge is 2.67. The second kappa shape index (κ2) is 18.3. The highest BCUT2D eigenvalue weighted by molar-refractivity contribution is 5.30. The summed E-state index contributed by atoms with van der Waals surface area (Å²) in [5.74, 6) is 2.11. The Bertz CT molecular complexity index is 1470. The van der Waals surface area contributed by atoms with E-state index in [2.05, 4.69) is 47.6 Å². The third-order valence-corrected chi connectivity index (χ3v) is 17.8. The number of aliphatic hydroxyl groups excluding tert-OH is 5. The Balaban J connectivity index is 0.971. The molecule has 1 unspecified atom stereocenters. The molecule has 0 aromatic rings. The number of fused-ring (bicyclic) bond motifs is 5. The molecule has 7 rings (SSSR count). The first-order chi connectivity index (χ1) is 28.2. The molecule has 12 nitrogen and oxygen atoms in total. The van der Waals surface area contributed by atoms with Crippen molar-refractivity contribution in [3.8, 4) is 0 Å². The topological polar surface area (TPSA) is 177 Å². The molecule has 3 aliphatic heterocycles. The average molecular weight is 851 g/mol. The monoisotopic (exact) mass is 851 g/mol. The van der Waals surface area contributed by atoms with E-state index in [9.17, 15) is 30.6 Å². The zero-order chi connectivity index (χ0) is 43.4. The summed E-state index contributed by atoms with van der Waals surface area (Å²) in [6, 6.07) is 0. The van der Waals surface area contributed by atoms with E-state index in [0.717, 1.165) is 25.7 Å². The molecule has 3 saturated carbocycles. The van der Waals surface area contributed by atoms with Gasteiger partial charge < -0.3 is 59.1 Å². The van der Waals surface area contributed by atoms with Gasteiger partial charge in [0, 0.05) is 43.9 Å². The molecule has 6 fully saturated rings. The van der Waals surface area contributed by atoms with Gasteiger partial charge in [-0.3, -0.25) is 0 Å². The standard InChI is InChI=1S/C48H82O12/c1-28(9-13-40(45(4,5)54)60-43-24-31(53)21-34(58-43)27-55-41-22-29(51)19-32(25-49)56-41)35-15-16-48(8)38-12-10-36-37(46(38,6)17-18-47(35,48)7)11-14-39(44(36,2)3)59-42-23-30(52)20-33(26-50)57-42/h10,28-35,37-43,49-54H,9,11-27H2,1-8H3/t28-,29+,30+,31+,32+,33+,34+,35-,37?,38-,39+,40-,41-,42+,43+,46+,47-,48+/m1/s1. The van der Waals surface area contributed by atoms with Gasteiger partial charge >= 0.3 is 0 Å². The normalized spacial score (nSPS) is 46.8. The summed E-state index contributed by atoms with van der Waals surface area (Å²) in [5, 5.41) is 62.2. The lowest BCUT2D eigenvalue weighted by Crippen LogP contribution is -2.59. The molecule has 0 bridgehead atoms. The quantitative estimate of drug-likeness (QED) is 0.110. The molecule has 0 aromatic carbocycles. The molecule has 12 heteroatoms. The first-order valence-electron chi connectivity index (χ1n) is 23.8. The first kappa shape index (κ1) is 47.2. The van der Waals surface area contributed by atoms with Gasteiger partial charge in [-0.05, 0) is 112 Å². The van der Waals surface area contributed by atoms with Crippen LogP contribution in [-0.4, -0.2) is 124 Å². The summed E-state index contributed by atoms with van der Waals surface area (Å²) >= 11 is 0. The van der Waals surface area contributed by atoms with Crippen molar-refractivity contribution in [3.05, 3.63) is 11.6 Å². The summed E-state index contributed by atoms with van der Waals surface area (Å²) < 4.78 is 37.3. The van der Waals surface area contributed by atoms with Crippen LogP contribution in [0.3, 0.4) is 0 Å². The number of ether oxygens (including phenoxy) is 6. The number of hydrogen-bond acceptors (Lipinski definition) is 12. The summed E-state index contributed by atoms with van der Waals surface area (Å²) in [6.45, 7) is 18.4. The molecule has 6 N–H and O–H groups in total. The molecule has 0 radical (unpaired) electrons. The van der Waals surface area contributed by atoms with E-state index in [1.807, 2.05) is 0 Å². The van der Waals surface area contributed by atoms with Crippen LogP contribution in [-0.2, 0) is 28.4 Å². The predicted octanol–water partition coefficient (Wildman–Crippen LogP) is 6.15. The van der Waals surface area contributed by atoms with Crippen molar-refractivity contribution in [2.24, 2.45) is 45.3 Å². The molecule has 4 aliphatic carbocycles. The number of hydrogen-bond donors (Lipinski definition) is 6. The Morgan fingerprint density at radius 2 is 1.33 bits per heavy atom. The molecule has 18 atom stereocenters. The fourth-order valence-electron chi connectivity index (χ4n) is 14.1. The van der Waals surface area contributed by atoms with E-state index >= 15 is 0 Å². The smallest absolute Gasteiger partial charge is 0.161 e. The van der Waals surface area contributed by atoms with Gasteiger partial charge in [-0.15, -0.1) is 0 Å².